The van der Waals surface area contributed by atoms with E-state index in [0.29, 0.717) is 0 Å². The maximum atomic E-state index is 10.3. The average Bonchev–Trinajstić information content (AvgIpc) is 2.69. The van der Waals surface area contributed by atoms with E-state index in [1.165, 1.54) is 9.77 Å². The van der Waals surface area contributed by atoms with Gasteiger partial charge in [0, 0.05) is 11.3 Å². The van der Waals surface area contributed by atoms with Crippen LogP contribution in [0.15, 0.2) is 39.9 Å². The van der Waals surface area contributed by atoms with Crippen LogP contribution in [0.2, 0.25) is 0 Å². The van der Waals surface area contributed by atoms with Gasteiger partial charge in [-0.3, -0.25) is 0 Å². The van der Waals surface area contributed by atoms with Gasteiger partial charge in [-0.05, 0) is 22.6 Å². The molecule has 1 aliphatic rings. The molecule has 3 rings (SSSR count). The zero-order valence-corrected chi connectivity index (χ0v) is 9.65. The van der Waals surface area contributed by atoms with Crippen molar-refractivity contribution in [3.05, 3.63) is 52.4 Å². The molecule has 0 amide bonds. The first kappa shape index (κ1) is 9.46. The molecule has 1 aromatic carbocycles. The predicted octanol–water partition coefficient (Wildman–Crippen LogP) is 3.44. The molecule has 1 atom stereocenters. The van der Waals surface area contributed by atoms with Gasteiger partial charge in [0.1, 0.15) is 6.10 Å². The van der Waals surface area contributed by atoms with Crippen LogP contribution in [0.1, 0.15) is 22.8 Å². The standard InChI is InChI=1S/C12H10OS2/c13-11-9-4-2-1-3-8(9)7-15-12-10(11)5-6-14-12/h1-6,11,13H,7H2/t11-/m1/s1. The third kappa shape index (κ3) is 1.51. The molecule has 0 saturated heterocycles. The number of aliphatic hydroxyl groups excluding tert-OH is 1. The summed E-state index contributed by atoms with van der Waals surface area (Å²) >= 11 is 3.54. The number of benzene rings is 1. The highest BCUT2D eigenvalue weighted by atomic mass is 32.2. The fourth-order valence-corrected chi connectivity index (χ4v) is 4.03. The number of thiophene rings is 1. The topological polar surface area (TPSA) is 20.2 Å². The molecular weight excluding hydrogens is 224 g/mol. The van der Waals surface area contributed by atoms with Crippen molar-refractivity contribution in [1.82, 2.24) is 0 Å². The smallest absolute Gasteiger partial charge is 0.106 e. The van der Waals surface area contributed by atoms with Crippen LogP contribution in [-0.4, -0.2) is 5.11 Å². The molecule has 1 nitrogen and oxygen atoms in total. The minimum Gasteiger partial charge on any atom is -0.384 e. The average molecular weight is 234 g/mol. The van der Waals surface area contributed by atoms with Crippen molar-refractivity contribution < 1.29 is 5.11 Å². The van der Waals surface area contributed by atoms with E-state index in [0.717, 1.165) is 16.9 Å². The molecule has 1 aromatic heterocycles. The molecule has 0 unspecified atom stereocenters. The Kier molecular flexibility index (Phi) is 2.31. The molecule has 0 radical (unpaired) electrons. The highest BCUT2D eigenvalue weighted by molar-refractivity contribution is 8.00. The molecule has 0 fully saturated rings. The van der Waals surface area contributed by atoms with E-state index in [2.05, 4.69) is 11.4 Å². The summed E-state index contributed by atoms with van der Waals surface area (Å²) in [5.41, 5.74) is 3.37. The molecule has 0 spiro atoms. The van der Waals surface area contributed by atoms with Crippen LogP contribution in [0, 0.1) is 0 Å². The molecule has 2 aromatic rings. The lowest BCUT2D eigenvalue weighted by molar-refractivity contribution is 0.218. The highest BCUT2D eigenvalue weighted by Crippen LogP contribution is 2.41. The lowest BCUT2D eigenvalue weighted by Crippen LogP contribution is -2.00. The van der Waals surface area contributed by atoms with Gasteiger partial charge in [0.15, 0.2) is 0 Å². The Morgan fingerprint density at radius 2 is 2.00 bits per heavy atom. The normalized spacial score (nSPS) is 19.1. The number of hydrogen-bond acceptors (Lipinski definition) is 3. The second kappa shape index (κ2) is 3.67. The van der Waals surface area contributed by atoms with Gasteiger partial charge in [-0.1, -0.05) is 24.3 Å². The van der Waals surface area contributed by atoms with Crippen molar-refractivity contribution >= 4 is 23.1 Å². The summed E-state index contributed by atoms with van der Waals surface area (Å²) in [5.74, 6) is 0.959. The lowest BCUT2D eigenvalue weighted by atomic mass is 10.00. The van der Waals surface area contributed by atoms with Crippen molar-refractivity contribution in [1.29, 1.82) is 0 Å². The molecule has 0 saturated carbocycles. The van der Waals surface area contributed by atoms with Gasteiger partial charge in [0.05, 0.1) is 4.21 Å². The molecule has 3 heteroatoms. The van der Waals surface area contributed by atoms with Gasteiger partial charge in [0.2, 0.25) is 0 Å². The lowest BCUT2D eigenvalue weighted by Gasteiger charge is -2.11. The SMILES string of the molecule is O[C@@H]1c2ccccc2CSc2sccc21. The summed E-state index contributed by atoms with van der Waals surface area (Å²) in [4.78, 5) is 0. The fraction of sp³-hybridized carbons (Fsp3) is 0.167. The highest BCUT2D eigenvalue weighted by Gasteiger charge is 2.22. The zero-order chi connectivity index (χ0) is 10.3. The fourth-order valence-electron chi connectivity index (χ4n) is 1.87. The number of thioether (sulfide) groups is 1. The molecule has 1 N–H and O–H groups in total. The number of rotatable bonds is 0. The third-order valence-corrected chi connectivity index (χ3v) is 4.98. The van der Waals surface area contributed by atoms with E-state index >= 15 is 0 Å². The number of fused-ring (bicyclic) bond motifs is 2. The van der Waals surface area contributed by atoms with Crippen molar-refractivity contribution in [2.24, 2.45) is 0 Å². The quantitative estimate of drug-likeness (QED) is 0.753. The molecule has 15 heavy (non-hydrogen) atoms. The molecule has 1 aliphatic heterocycles. The number of aliphatic hydroxyl groups is 1. The van der Waals surface area contributed by atoms with Crippen molar-refractivity contribution in [3.63, 3.8) is 0 Å². The van der Waals surface area contributed by atoms with Crippen LogP contribution in [0.4, 0.5) is 0 Å². The molecule has 2 heterocycles. The summed E-state index contributed by atoms with van der Waals surface area (Å²) < 4.78 is 1.25. The van der Waals surface area contributed by atoms with Gasteiger partial charge in [-0.25, -0.2) is 0 Å². The second-order valence-electron chi connectivity index (χ2n) is 3.55. The van der Waals surface area contributed by atoms with E-state index < -0.39 is 6.10 Å². The van der Waals surface area contributed by atoms with Gasteiger partial charge in [-0.15, -0.1) is 23.1 Å². The largest absolute Gasteiger partial charge is 0.384 e. The Balaban J connectivity index is 2.18. The van der Waals surface area contributed by atoms with Crippen LogP contribution in [0.3, 0.4) is 0 Å². The van der Waals surface area contributed by atoms with Crippen LogP contribution >= 0.6 is 23.1 Å². The van der Waals surface area contributed by atoms with Gasteiger partial charge in [0.25, 0.3) is 0 Å². The third-order valence-electron chi connectivity index (χ3n) is 2.66. The Labute approximate surface area is 96.8 Å². The maximum Gasteiger partial charge on any atom is 0.106 e. The van der Waals surface area contributed by atoms with Gasteiger partial charge < -0.3 is 5.11 Å². The summed E-state index contributed by atoms with van der Waals surface area (Å²) in [5, 5.41) is 12.3. The maximum absolute atomic E-state index is 10.3. The van der Waals surface area contributed by atoms with E-state index in [1.54, 1.807) is 11.3 Å². The molecule has 0 bridgehead atoms. The first-order valence-electron chi connectivity index (χ1n) is 4.82. The Bertz CT molecular complexity index is 490. The summed E-state index contributed by atoms with van der Waals surface area (Å²) in [6.45, 7) is 0. The zero-order valence-electron chi connectivity index (χ0n) is 8.01. The van der Waals surface area contributed by atoms with Crippen LogP contribution in [0.25, 0.3) is 0 Å². The van der Waals surface area contributed by atoms with E-state index in [1.807, 2.05) is 36.0 Å². The predicted molar refractivity (Wildman–Crippen MR) is 64.4 cm³/mol. The van der Waals surface area contributed by atoms with Gasteiger partial charge in [-0.2, -0.15) is 0 Å². The Morgan fingerprint density at radius 1 is 1.13 bits per heavy atom. The monoisotopic (exact) mass is 234 g/mol. The van der Waals surface area contributed by atoms with E-state index in [4.69, 9.17) is 0 Å². The van der Waals surface area contributed by atoms with Crippen molar-refractivity contribution in [3.8, 4) is 0 Å². The second-order valence-corrected chi connectivity index (χ2v) is 5.71. The first-order valence-corrected chi connectivity index (χ1v) is 6.69. The van der Waals surface area contributed by atoms with E-state index in [9.17, 15) is 5.11 Å². The van der Waals surface area contributed by atoms with Crippen LogP contribution in [-0.2, 0) is 5.75 Å². The van der Waals surface area contributed by atoms with Crippen molar-refractivity contribution in [2.75, 3.05) is 0 Å². The minimum atomic E-state index is -0.447. The van der Waals surface area contributed by atoms with E-state index in [-0.39, 0.29) is 0 Å². The van der Waals surface area contributed by atoms with Gasteiger partial charge >= 0.3 is 0 Å². The number of hydrogen-bond donors (Lipinski definition) is 1. The summed E-state index contributed by atoms with van der Waals surface area (Å²) in [6, 6.07) is 10.2. The van der Waals surface area contributed by atoms with Crippen LogP contribution < -0.4 is 0 Å². The summed E-state index contributed by atoms with van der Waals surface area (Å²) in [6.07, 6.45) is -0.447. The molecule has 0 aliphatic carbocycles. The Hall–Kier alpha value is -0.770. The molecular formula is C12H10OS2. The van der Waals surface area contributed by atoms with Crippen molar-refractivity contribution in [2.45, 2.75) is 16.1 Å². The van der Waals surface area contributed by atoms with Crippen LogP contribution in [0.5, 0.6) is 0 Å². The summed E-state index contributed by atoms with van der Waals surface area (Å²) in [7, 11) is 0. The minimum absolute atomic E-state index is 0.447. The first-order chi connectivity index (χ1) is 7.36. The molecule has 76 valence electrons. The Morgan fingerprint density at radius 3 is 2.93 bits per heavy atom.